The largest absolute Gasteiger partial charge is 0.325 e. The van der Waals surface area contributed by atoms with Crippen LogP contribution in [0.4, 0.5) is 10.1 Å². The van der Waals surface area contributed by atoms with Gasteiger partial charge < -0.3 is 4.90 Å². The summed E-state index contributed by atoms with van der Waals surface area (Å²) in [5.41, 5.74) is 0.785. The molecule has 32 heavy (non-hydrogen) atoms. The van der Waals surface area contributed by atoms with E-state index in [1.807, 2.05) is 39.8 Å². The third-order valence-corrected chi connectivity index (χ3v) is 8.12. The highest BCUT2D eigenvalue weighted by atomic mass is 127. The van der Waals surface area contributed by atoms with Crippen LogP contribution in [0, 0.1) is 26.1 Å². The van der Waals surface area contributed by atoms with Crippen molar-refractivity contribution in [2.75, 3.05) is 4.90 Å². The molecule has 0 N–H and O–H groups in total. The van der Waals surface area contributed by atoms with Crippen molar-refractivity contribution in [2.45, 2.75) is 46.7 Å². The third-order valence-electron chi connectivity index (χ3n) is 7.40. The summed E-state index contributed by atoms with van der Waals surface area (Å²) in [4.78, 5) is 42.7. The number of anilines is 1. The van der Waals surface area contributed by atoms with Crippen LogP contribution in [0.2, 0.25) is 0 Å². The Morgan fingerprint density at radius 1 is 1.03 bits per heavy atom. The number of imide groups is 1. The summed E-state index contributed by atoms with van der Waals surface area (Å²) in [5.74, 6) is -1.49. The van der Waals surface area contributed by atoms with E-state index in [1.54, 1.807) is 24.3 Å². The second-order valence-corrected chi connectivity index (χ2v) is 11.0. The van der Waals surface area contributed by atoms with Gasteiger partial charge in [-0.3, -0.25) is 14.4 Å². The second-order valence-electron chi connectivity index (χ2n) is 9.73. The number of hydrogen-bond donors (Lipinski definition) is 0. The monoisotopic (exact) mass is 548 g/mol. The molecule has 2 fully saturated rings. The quantitative estimate of drug-likeness (QED) is 0.400. The van der Waals surface area contributed by atoms with Crippen molar-refractivity contribution in [1.82, 2.24) is 4.90 Å². The van der Waals surface area contributed by atoms with E-state index < -0.39 is 11.9 Å². The van der Waals surface area contributed by atoms with E-state index in [9.17, 15) is 18.8 Å². The highest BCUT2D eigenvalue weighted by Gasteiger charge is 2.69. The molecule has 3 amide bonds. The molecule has 0 aromatic heterocycles. The number of amides is 3. The number of hydrogen-bond acceptors (Lipinski definition) is 3. The maximum atomic E-state index is 13.7. The number of halogens is 2. The number of rotatable bonds is 5. The zero-order chi connectivity index (χ0) is 23.4. The lowest BCUT2D eigenvalue weighted by Crippen LogP contribution is -2.46. The molecule has 0 bridgehead atoms. The Morgan fingerprint density at radius 2 is 1.59 bits per heavy atom. The molecule has 0 radical (unpaired) electrons. The first-order valence-electron chi connectivity index (χ1n) is 10.6. The molecule has 2 aromatic carbocycles. The molecule has 1 aliphatic carbocycles. The summed E-state index contributed by atoms with van der Waals surface area (Å²) in [6.07, 6.45) is -0.0642. The lowest BCUT2D eigenvalue weighted by molar-refractivity contribution is -0.141. The average Bonchev–Trinajstić information content (AvgIpc) is 2.96. The predicted octanol–water partition coefficient (Wildman–Crippen LogP) is 4.77. The number of nitrogens with zero attached hydrogens (tertiary/aromatic N) is 2. The van der Waals surface area contributed by atoms with Gasteiger partial charge in [-0.15, -0.1) is 0 Å². The van der Waals surface area contributed by atoms with E-state index in [0.29, 0.717) is 11.3 Å². The van der Waals surface area contributed by atoms with Crippen molar-refractivity contribution in [3.63, 3.8) is 0 Å². The Hall–Kier alpha value is -2.29. The summed E-state index contributed by atoms with van der Waals surface area (Å²) in [5, 5.41) is 0. The summed E-state index contributed by atoms with van der Waals surface area (Å²) >= 11 is 2.16. The van der Waals surface area contributed by atoms with Crippen LogP contribution in [0.1, 0.15) is 39.7 Å². The van der Waals surface area contributed by atoms with E-state index in [-0.39, 0.29) is 47.3 Å². The standard InChI is InChI=1S/C25H26FIN2O3/c1-24(2)21(25(24,3)4)23(32)28(14-15-5-7-16(26)8-6-15)19-13-20(30)29(22(19)31)18-11-9-17(27)10-12-18/h5-12,19,21H,13-14H2,1-4H3. The summed E-state index contributed by atoms with van der Waals surface area (Å²) < 4.78 is 14.4. The highest BCUT2D eigenvalue weighted by Crippen LogP contribution is 2.69. The fraction of sp³-hybridized carbons (Fsp3) is 0.400. The van der Waals surface area contributed by atoms with Gasteiger partial charge in [0, 0.05) is 16.0 Å². The summed E-state index contributed by atoms with van der Waals surface area (Å²) in [6.45, 7) is 8.33. The van der Waals surface area contributed by atoms with Crippen LogP contribution in [0.25, 0.3) is 0 Å². The van der Waals surface area contributed by atoms with Crippen molar-refractivity contribution >= 4 is 46.0 Å². The molecule has 1 heterocycles. The first-order chi connectivity index (χ1) is 14.9. The van der Waals surface area contributed by atoms with Crippen LogP contribution in [-0.4, -0.2) is 28.7 Å². The topological polar surface area (TPSA) is 57.7 Å². The molecule has 2 aliphatic rings. The molecule has 5 nitrogen and oxygen atoms in total. The van der Waals surface area contributed by atoms with Gasteiger partial charge in [-0.25, -0.2) is 9.29 Å². The van der Waals surface area contributed by atoms with Gasteiger partial charge in [0.15, 0.2) is 0 Å². The molecule has 1 saturated heterocycles. The van der Waals surface area contributed by atoms with Gasteiger partial charge in [0.05, 0.1) is 12.1 Å². The SMILES string of the molecule is CC1(C)C(C(=O)N(Cc2ccc(F)cc2)C2CC(=O)N(c3ccc(I)cc3)C2=O)C1(C)C. The van der Waals surface area contributed by atoms with Crippen molar-refractivity contribution in [3.8, 4) is 0 Å². The maximum absolute atomic E-state index is 13.7. The zero-order valence-electron chi connectivity index (χ0n) is 18.6. The van der Waals surface area contributed by atoms with Crippen molar-refractivity contribution < 1.29 is 18.8 Å². The van der Waals surface area contributed by atoms with Crippen LogP contribution in [0.3, 0.4) is 0 Å². The van der Waals surface area contributed by atoms with Crippen molar-refractivity contribution in [3.05, 3.63) is 63.5 Å². The lowest BCUT2D eigenvalue weighted by Gasteiger charge is -2.29. The normalized spacial score (nSPS) is 21.7. The van der Waals surface area contributed by atoms with Gasteiger partial charge >= 0.3 is 0 Å². The van der Waals surface area contributed by atoms with Crippen LogP contribution >= 0.6 is 22.6 Å². The molecular formula is C25H26FIN2O3. The molecule has 1 unspecified atom stereocenters. The lowest BCUT2D eigenvalue weighted by atomic mass is 10.0. The fourth-order valence-electron chi connectivity index (χ4n) is 4.83. The second kappa shape index (κ2) is 7.93. The maximum Gasteiger partial charge on any atom is 0.257 e. The minimum Gasteiger partial charge on any atom is -0.325 e. The highest BCUT2D eigenvalue weighted by molar-refractivity contribution is 14.1. The van der Waals surface area contributed by atoms with Crippen LogP contribution in [0.15, 0.2) is 48.5 Å². The molecule has 4 rings (SSSR count). The van der Waals surface area contributed by atoms with Gasteiger partial charge in [-0.1, -0.05) is 39.8 Å². The zero-order valence-corrected chi connectivity index (χ0v) is 20.7. The van der Waals surface area contributed by atoms with E-state index >= 15 is 0 Å². The van der Waals surface area contributed by atoms with E-state index in [4.69, 9.17) is 0 Å². The molecule has 0 spiro atoms. The molecule has 7 heteroatoms. The fourth-order valence-corrected chi connectivity index (χ4v) is 5.19. The first kappa shape index (κ1) is 22.9. The van der Waals surface area contributed by atoms with Crippen LogP contribution < -0.4 is 4.90 Å². The van der Waals surface area contributed by atoms with Gasteiger partial charge in [-0.2, -0.15) is 0 Å². The van der Waals surface area contributed by atoms with Gasteiger partial charge in [0.1, 0.15) is 11.9 Å². The van der Waals surface area contributed by atoms with E-state index in [0.717, 1.165) is 3.57 Å². The molecule has 2 aromatic rings. The third kappa shape index (κ3) is 3.74. The van der Waals surface area contributed by atoms with E-state index in [2.05, 4.69) is 22.6 Å². The molecule has 1 saturated carbocycles. The average molecular weight is 548 g/mol. The van der Waals surface area contributed by atoms with E-state index in [1.165, 1.54) is 21.9 Å². The van der Waals surface area contributed by atoms with Crippen LogP contribution in [0.5, 0.6) is 0 Å². The van der Waals surface area contributed by atoms with Crippen molar-refractivity contribution in [1.29, 1.82) is 0 Å². The number of benzene rings is 2. The van der Waals surface area contributed by atoms with Crippen molar-refractivity contribution in [2.24, 2.45) is 16.7 Å². The number of carbonyl (C=O) groups is 3. The summed E-state index contributed by atoms with van der Waals surface area (Å²) in [6, 6.07) is 12.1. The smallest absolute Gasteiger partial charge is 0.257 e. The minimum absolute atomic E-state index is 0.0642. The molecule has 1 atom stereocenters. The predicted molar refractivity (Wildman–Crippen MR) is 128 cm³/mol. The van der Waals surface area contributed by atoms with Gasteiger partial charge in [-0.05, 0) is 75.4 Å². The Bertz CT molecular complexity index is 1070. The van der Waals surface area contributed by atoms with Gasteiger partial charge in [0.25, 0.3) is 5.91 Å². The Balaban J connectivity index is 1.67. The first-order valence-corrected chi connectivity index (χ1v) is 11.7. The Labute approximate surface area is 201 Å². The molecular weight excluding hydrogens is 522 g/mol. The van der Waals surface area contributed by atoms with Crippen LogP contribution in [-0.2, 0) is 20.9 Å². The molecule has 1 aliphatic heterocycles. The minimum atomic E-state index is -0.883. The Kier molecular flexibility index (Phi) is 5.68. The van der Waals surface area contributed by atoms with Gasteiger partial charge in [0.2, 0.25) is 11.8 Å². The number of carbonyl (C=O) groups excluding carboxylic acids is 3. The Morgan fingerprint density at radius 3 is 2.12 bits per heavy atom. The summed E-state index contributed by atoms with van der Waals surface area (Å²) in [7, 11) is 0. The molecule has 168 valence electrons.